The van der Waals surface area contributed by atoms with E-state index in [1.54, 1.807) is 21.1 Å². The van der Waals surface area contributed by atoms with E-state index in [1.165, 1.54) is 0 Å². The summed E-state index contributed by atoms with van der Waals surface area (Å²) in [6, 6.07) is 21.2. The molecule has 0 bridgehead atoms. The Hall–Kier alpha value is -4.33. The van der Waals surface area contributed by atoms with Crippen molar-refractivity contribution in [3.8, 4) is 22.6 Å². The zero-order chi connectivity index (χ0) is 25.7. The number of oxime groups is 1. The summed E-state index contributed by atoms with van der Waals surface area (Å²) in [5, 5.41) is 16.5. The van der Waals surface area contributed by atoms with Gasteiger partial charge in [-0.25, -0.2) is 4.79 Å². The molecule has 0 aromatic heterocycles. The van der Waals surface area contributed by atoms with Gasteiger partial charge in [0.25, 0.3) is 5.91 Å². The summed E-state index contributed by atoms with van der Waals surface area (Å²) in [4.78, 5) is 30.5. The first-order valence-corrected chi connectivity index (χ1v) is 11.5. The SMILES string of the molecule is COc1cccc(OC)c1-c1ccc(C[C@H](NC(=O)C2(C)CC(c3ccccc3)=NO2)C(=O)O)cc1. The molecule has 36 heavy (non-hydrogen) atoms. The van der Waals surface area contributed by atoms with Gasteiger partial charge in [0.15, 0.2) is 0 Å². The van der Waals surface area contributed by atoms with Crippen LogP contribution in [0.2, 0.25) is 0 Å². The number of nitrogens with zero attached hydrogens (tertiary/aromatic N) is 1. The van der Waals surface area contributed by atoms with Gasteiger partial charge in [-0.3, -0.25) is 4.79 Å². The van der Waals surface area contributed by atoms with Gasteiger partial charge in [0.1, 0.15) is 17.5 Å². The third-order valence-corrected chi connectivity index (χ3v) is 6.16. The minimum Gasteiger partial charge on any atom is -0.496 e. The van der Waals surface area contributed by atoms with Crippen molar-refractivity contribution in [2.24, 2.45) is 5.16 Å². The number of carbonyl (C=O) groups is 2. The van der Waals surface area contributed by atoms with E-state index in [1.807, 2.05) is 72.8 Å². The fourth-order valence-electron chi connectivity index (χ4n) is 4.14. The molecule has 8 nitrogen and oxygen atoms in total. The molecule has 8 heteroatoms. The zero-order valence-electron chi connectivity index (χ0n) is 20.4. The second-order valence-corrected chi connectivity index (χ2v) is 8.71. The van der Waals surface area contributed by atoms with E-state index in [4.69, 9.17) is 14.3 Å². The lowest BCUT2D eigenvalue weighted by molar-refractivity contribution is -0.148. The normalized spacial score (nSPS) is 17.5. The van der Waals surface area contributed by atoms with Crippen LogP contribution in [-0.2, 0) is 20.8 Å². The highest BCUT2D eigenvalue weighted by Crippen LogP contribution is 2.38. The third-order valence-electron chi connectivity index (χ3n) is 6.16. The molecule has 0 fully saturated rings. The molecular weight excluding hydrogens is 460 g/mol. The highest BCUT2D eigenvalue weighted by Gasteiger charge is 2.43. The van der Waals surface area contributed by atoms with Gasteiger partial charge in [0.05, 0.1) is 25.5 Å². The molecule has 1 aliphatic heterocycles. The van der Waals surface area contributed by atoms with Gasteiger partial charge in [-0.05, 0) is 35.7 Å². The van der Waals surface area contributed by atoms with E-state index in [2.05, 4.69) is 10.5 Å². The van der Waals surface area contributed by atoms with E-state index in [0.29, 0.717) is 17.2 Å². The Morgan fingerprint density at radius 3 is 2.19 bits per heavy atom. The lowest BCUT2D eigenvalue weighted by Gasteiger charge is -2.23. The smallest absolute Gasteiger partial charge is 0.326 e. The maximum atomic E-state index is 13.0. The summed E-state index contributed by atoms with van der Waals surface area (Å²) in [5.41, 5.74) is 2.62. The van der Waals surface area contributed by atoms with Crippen molar-refractivity contribution in [3.63, 3.8) is 0 Å². The fraction of sp³-hybridized carbons (Fsp3) is 0.250. The average Bonchev–Trinajstić information content (AvgIpc) is 3.32. The van der Waals surface area contributed by atoms with E-state index in [0.717, 1.165) is 22.3 Å². The summed E-state index contributed by atoms with van der Waals surface area (Å²) in [7, 11) is 3.18. The van der Waals surface area contributed by atoms with Crippen LogP contribution in [0.3, 0.4) is 0 Å². The first-order chi connectivity index (χ1) is 17.3. The molecule has 0 saturated carbocycles. The fourth-order valence-corrected chi connectivity index (χ4v) is 4.14. The molecule has 1 unspecified atom stereocenters. The van der Waals surface area contributed by atoms with Gasteiger partial charge in [0.2, 0.25) is 5.60 Å². The first kappa shape index (κ1) is 24.8. The topological polar surface area (TPSA) is 106 Å². The molecule has 2 N–H and O–H groups in total. The number of methoxy groups -OCH3 is 2. The van der Waals surface area contributed by atoms with Crippen molar-refractivity contribution < 1.29 is 29.0 Å². The van der Waals surface area contributed by atoms with Crippen molar-refractivity contribution in [2.75, 3.05) is 14.2 Å². The van der Waals surface area contributed by atoms with Crippen molar-refractivity contribution in [1.82, 2.24) is 5.32 Å². The molecular formula is C28H28N2O6. The molecule has 3 aromatic carbocycles. The average molecular weight is 489 g/mol. The van der Waals surface area contributed by atoms with Gasteiger partial charge >= 0.3 is 5.97 Å². The number of benzene rings is 3. The zero-order valence-corrected chi connectivity index (χ0v) is 20.4. The largest absolute Gasteiger partial charge is 0.496 e. The van der Waals surface area contributed by atoms with Crippen LogP contribution >= 0.6 is 0 Å². The Balaban J connectivity index is 1.46. The van der Waals surface area contributed by atoms with Crippen molar-refractivity contribution in [3.05, 3.63) is 83.9 Å². The number of carboxylic acid groups (broad SMARTS) is 1. The molecule has 1 heterocycles. The second-order valence-electron chi connectivity index (χ2n) is 8.71. The highest BCUT2D eigenvalue weighted by molar-refractivity contribution is 6.05. The van der Waals surface area contributed by atoms with E-state index >= 15 is 0 Å². The van der Waals surface area contributed by atoms with Gasteiger partial charge in [-0.2, -0.15) is 0 Å². The van der Waals surface area contributed by atoms with Crippen molar-refractivity contribution in [2.45, 2.75) is 31.4 Å². The number of nitrogens with one attached hydrogen (secondary N) is 1. The second kappa shape index (κ2) is 10.5. The van der Waals surface area contributed by atoms with E-state index in [9.17, 15) is 14.7 Å². The van der Waals surface area contributed by atoms with E-state index in [-0.39, 0.29) is 12.8 Å². The minimum atomic E-state index is -1.29. The van der Waals surface area contributed by atoms with Crippen LogP contribution in [0.4, 0.5) is 0 Å². The van der Waals surface area contributed by atoms with E-state index < -0.39 is 23.5 Å². The third kappa shape index (κ3) is 5.17. The molecule has 1 aliphatic rings. The molecule has 4 rings (SSSR count). The number of ether oxygens (including phenoxy) is 2. The van der Waals surface area contributed by atoms with Crippen molar-refractivity contribution in [1.29, 1.82) is 0 Å². The van der Waals surface area contributed by atoms with Crippen LogP contribution in [0.15, 0.2) is 78.0 Å². The number of hydrogen-bond acceptors (Lipinski definition) is 6. The van der Waals surface area contributed by atoms with Crippen LogP contribution in [0.25, 0.3) is 11.1 Å². The summed E-state index contributed by atoms with van der Waals surface area (Å²) in [6.07, 6.45) is 0.345. The highest BCUT2D eigenvalue weighted by atomic mass is 16.7. The molecule has 0 saturated heterocycles. The summed E-state index contributed by atoms with van der Waals surface area (Å²) >= 11 is 0. The van der Waals surface area contributed by atoms with Gasteiger partial charge in [-0.15, -0.1) is 0 Å². The molecule has 186 valence electrons. The Bertz CT molecular complexity index is 1250. The summed E-state index contributed by atoms with van der Waals surface area (Å²) < 4.78 is 11.0. The van der Waals surface area contributed by atoms with Gasteiger partial charge in [0, 0.05) is 12.8 Å². The number of hydrogen-bond donors (Lipinski definition) is 2. The quantitative estimate of drug-likeness (QED) is 0.470. The number of aliphatic carboxylic acids is 1. The minimum absolute atomic E-state index is 0.104. The van der Waals surface area contributed by atoms with Crippen LogP contribution < -0.4 is 14.8 Å². The molecule has 3 aromatic rings. The van der Waals surface area contributed by atoms with Crippen molar-refractivity contribution >= 4 is 17.6 Å². The number of carboxylic acids is 1. The Kier molecular flexibility index (Phi) is 7.24. The standard InChI is InChI=1S/C28H28N2O6/c1-28(17-22(30-36-28)19-8-5-4-6-9-19)27(33)29-21(26(31)32)16-18-12-14-20(15-13-18)25-23(34-2)10-7-11-24(25)35-3/h4-15,21H,16-17H2,1-3H3,(H,29,33)(H,31,32)/t21-,28?/m0/s1. The molecule has 0 radical (unpaired) electrons. The lowest BCUT2D eigenvalue weighted by atomic mass is 9.94. The number of rotatable bonds is 9. The van der Waals surface area contributed by atoms with Crippen LogP contribution in [-0.4, -0.2) is 48.6 Å². The Labute approximate surface area is 209 Å². The summed E-state index contributed by atoms with van der Waals surface area (Å²) in [5.74, 6) is -0.330. The molecule has 0 aliphatic carbocycles. The molecule has 1 amide bonds. The van der Waals surface area contributed by atoms with Crippen LogP contribution in [0.1, 0.15) is 24.5 Å². The monoisotopic (exact) mass is 488 g/mol. The van der Waals surface area contributed by atoms with Crippen LogP contribution in [0, 0.1) is 0 Å². The summed E-state index contributed by atoms with van der Waals surface area (Å²) in [6.45, 7) is 1.61. The Morgan fingerprint density at radius 1 is 0.972 bits per heavy atom. The molecule has 2 atom stereocenters. The predicted octanol–water partition coefficient (Wildman–Crippen LogP) is 4.07. The first-order valence-electron chi connectivity index (χ1n) is 11.5. The maximum Gasteiger partial charge on any atom is 0.326 e. The number of amides is 1. The predicted molar refractivity (Wildman–Crippen MR) is 135 cm³/mol. The van der Waals surface area contributed by atoms with Gasteiger partial charge in [-0.1, -0.05) is 65.8 Å². The molecule has 0 spiro atoms. The van der Waals surface area contributed by atoms with Crippen LogP contribution in [0.5, 0.6) is 11.5 Å². The Morgan fingerprint density at radius 2 is 1.61 bits per heavy atom. The lowest BCUT2D eigenvalue weighted by Crippen LogP contribution is -2.51. The maximum absolute atomic E-state index is 13.0. The number of carbonyl (C=O) groups excluding carboxylic acids is 1. The van der Waals surface area contributed by atoms with Gasteiger partial charge < -0.3 is 24.7 Å².